The Kier molecular flexibility index (Phi) is 6.25. The zero-order chi connectivity index (χ0) is 19.9. The Hall–Kier alpha value is -3.37. The lowest BCUT2D eigenvalue weighted by Crippen LogP contribution is -2.12. The Morgan fingerprint density at radius 1 is 1.14 bits per heavy atom. The topological polar surface area (TPSA) is 71.9 Å². The zero-order valence-corrected chi connectivity index (χ0v) is 16.7. The number of aromatic nitrogens is 1. The summed E-state index contributed by atoms with van der Waals surface area (Å²) in [5.41, 5.74) is 3.29. The van der Waals surface area contributed by atoms with Crippen molar-refractivity contribution in [2.75, 3.05) is 20.8 Å². The predicted octanol–water partition coefficient (Wildman–Crippen LogP) is 3.91. The van der Waals surface area contributed by atoms with E-state index in [9.17, 15) is 0 Å². The average molecular weight is 392 g/mol. The molecular weight excluding hydrogens is 372 g/mol. The Morgan fingerprint density at radius 2 is 1.93 bits per heavy atom. The highest BCUT2D eigenvalue weighted by Crippen LogP contribution is 2.33. The minimum Gasteiger partial charge on any atom is -0.497 e. The molecule has 2 aromatic carbocycles. The van der Waals surface area contributed by atoms with Crippen LogP contribution in [-0.2, 0) is 0 Å². The molecule has 0 unspecified atom stereocenters. The maximum atomic E-state index is 8.93. The molecule has 0 bridgehead atoms. The molecule has 6 nitrogen and oxygen atoms in total. The Labute approximate surface area is 167 Å². The molecule has 0 aliphatic rings. The van der Waals surface area contributed by atoms with Crippen molar-refractivity contribution < 1.29 is 9.47 Å². The summed E-state index contributed by atoms with van der Waals surface area (Å²) >= 11 is 1.52. The lowest BCUT2D eigenvalue weighted by atomic mass is 10.1. The molecule has 0 N–H and O–H groups in total. The van der Waals surface area contributed by atoms with Gasteiger partial charge in [0.25, 0.3) is 0 Å². The summed E-state index contributed by atoms with van der Waals surface area (Å²) in [6.45, 7) is 2.65. The van der Waals surface area contributed by atoms with Gasteiger partial charge in [0, 0.05) is 23.6 Å². The van der Waals surface area contributed by atoms with Gasteiger partial charge in [-0.2, -0.15) is 10.4 Å². The van der Waals surface area contributed by atoms with Crippen molar-refractivity contribution in [3.63, 3.8) is 0 Å². The summed E-state index contributed by atoms with van der Waals surface area (Å²) in [7, 11) is 3.26. The van der Waals surface area contributed by atoms with Gasteiger partial charge in [-0.25, -0.2) is 4.68 Å². The van der Waals surface area contributed by atoms with Crippen molar-refractivity contribution >= 4 is 17.6 Å². The number of rotatable bonds is 6. The van der Waals surface area contributed by atoms with Crippen LogP contribution in [0.4, 0.5) is 0 Å². The van der Waals surface area contributed by atoms with E-state index in [0.717, 1.165) is 27.4 Å². The summed E-state index contributed by atoms with van der Waals surface area (Å²) in [6, 6.07) is 15.1. The monoisotopic (exact) mass is 392 g/mol. The predicted molar refractivity (Wildman–Crippen MR) is 111 cm³/mol. The Balaban J connectivity index is 2.08. The average Bonchev–Trinajstić information content (AvgIpc) is 3.14. The van der Waals surface area contributed by atoms with E-state index in [1.807, 2.05) is 42.6 Å². The van der Waals surface area contributed by atoms with Gasteiger partial charge in [0.15, 0.2) is 0 Å². The summed E-state index contributed by atoms with van der Waals surface area (Å²) in [5, 5.41) is 15.6. The minimum atomic E-state index is 0.616. The fourth-order valence-electron chi connectivity index (χ4n) is 2.62. The van der Waals surface area contributed by atoms with Gasteiger partial charge in [0.1, 0.15) is 11.5 Å². The molecule has 0 fully saturated rings. The van der Waals surface area contributed by atoms with Crippen LogP contribution in [0, 0.1) is 11.3 Å². The van der Waals surface area contributed by atoms with Gasteiger partial charge in [0.05, 0.1) is 37.8 Å². The molecule has 0 radical (unpaired) electrons. The molecule has 1 aromatic heterocycles. The first-order valence-electron chi connectivity index (χ1n) is 8.68. The molecule has 3 rings (SSSR count). The smallest absolute Gasteiger partial charge is 0.206 e. The summed E-state index contributed by atoms with van der Waals surface area (Å²) in [4.78, 5) is 5.33. The van der Waals surface area contributed by atoms with Crippen molar-refractivity contribution in [1.82, 2.24) is 4.68 Å². The van der Waals surface area contributed by atoms with E-state index in [2.05, 4.69) is 16.2 Å². The largest absolute Gasteiger partial charge is 0.497 e. The van der Waals surface area contributed by atoms with Gasteiger partial charge >= 0.3 is 0 Å². The molecule has 142 valence electrons. The van der Waals surface area contributed by atoms with E-state index in [-0.39, 0.29) is 0 Å². The fraction of sp³-hybridized carbons (Fsp3) is 0.190. The molecule has 28 heavy (non-hydrogen) atoms. The Bertz CT molecular complexity index is 1090. The summed E-state index contributed by atoms with van der Waals surface area (Å²) in [5.74, 6) is 1.42. The Morgan fingerprint density at radius 3 is 2.57 bits per heavy atom. The van der Waals surface area contributed by atoms with Crippen LogP contribution in [0.2, 0.25) is 0 Å². The third kappa shape index (κ3) is 4.13. The molecule has 7 heteroatoms. The third-order valence-electron chi connectivity index (χ3n) is 4.03. The number of benzene rings is 2. The van der Waals surface area contributed by atoms with Gasteiger partial charge in [-0.15, -0.1) is 11.3 Å². The van der Waals surface area contributed by atoms with E-state index >= 15 is 0 Å². The number of thiazole rings is 1. The van der Waals surface area contributed by atoms with Crippen molar-refractivity contribution in [1.29, 1.82) is 5.26 Å². The van der Waals surface area contributed by atoms with Crippen LogP contribution < -0.4 is 14.3 Å². The van der Waals surface area contributed by atoms with Crippen LogP contribution >= 0.6 is 11.3 Å². The molecule has 0 atom stereocenters. The first kappa shape index (κ1) is 19.4. The SMILES string of the molecule is CCN=c1scc(-c2ccc(OC)cc2OC)n1N=Cc1ccc(C#N)cc1. The lowest BCUT2D eigenvalue weighted by molar-refractivity contribution is 0.395. The lowest BCUT2D eigenvalue weighted by Gasteiger charge is -2.10. The van der Waals surface area contributed by atoms with Gasteiger partial charge in [-0.3, -0.25) is 4.99 Å². The van der Waals surface area contributed by atoms with E-state index < -0.39 is 0 Å². The second-order valence-electron chi connectivity index (χ2n) is 5.73. The second-order valence-corrected chi connectivity index (χ2v) is 6.57. The number of hydrogen-bond acceptors (Lipinski definition) is 6. The molecular formula is C21H20N4O2S. The highest BCUT2D eigenvalue weighted by Gasteiger charge is 2.13. The first-order chi connectivity index (χ1) is 13.7. The van der Waals surface area contributed by atoms with Crippen LogP contribution in [0.3, 0.4) is 0 Å². The second kappa shape index (κ2) is 9.02. The molecule has 0 amide bonds. The third-order valence-corrected chi connectivity index (χ3v) is 4.88. The quantitative estimate of drug-likeness (QED) is 0.597. The molecule has 0 aliphatic carbocycles. The van der Waals surface area contributed by atoms with Crippen LogP contribution in [0.25, 0.3) is 11.3 Å². The number of methoxy groups -OCH3 is 2. The van der Waals surface area contributed by atoms with E-state index in [1.165, 1.54) is 11.3 Å². The van der Waals surface area contributed by atoms with E-state index in [1.54, 1.807) is 37.2 Å². The van der Waals surface area contributed by atoms with Gasteiger partial charge in [0.2, 0.25) is 4.80 Å². The first-order valence-corrected chi connectivity index (χ1v) is 9.56. The standard InChI is InChI=1S/C21H20N4O2S/c1-4-23-21-25(24-13-16-7-5-15(12-22)6-8-16)19(14-28-21)18-10-9-17(26-2)11-20(18)27-3/h5-11,13-14H,4H2,1-3H3. The molecule has 1 heterocycles. The molecule has 0 aliphatic heterocycles. The highest BCUT2D eigenvalue weighted by molar-refractivity contribution is 7.07. The number of ether oxygens (including phenoxy) is 2. The van der Waals surface area contributed by atoms with Crippen molar-refractivity contribution in [2.24, 2.45) is 10.1 Å². The fourth-order valence-corrected chi connectivity index (χ4v) is 3.51. The van der Waals surface area contributed by atoms with Crippen molar-refractivity contribution in [3.05, 3.63) is 63.8 Å². The van der Waals surface area contributed by atoms with Crippen LogP contribution in [0.1, 0.15) is 18.1 Å². The summed E-state index contributed by atoms with van der Waals surface area (Å²) < 4.78 is 12.6. The highest BCUT2D eigenvalue weighted by atomic mass is 32.1. The molecule has 0 saturated heterocycles. The van der Waals surface area contributed by atoms with Crippen molar-refractivity contribution in [3.8, 4) is 28.8 Å². The van der Waals surface area contributed by atoms with Crippen molar-refractivity contribution in [2.45, 2.75) is 6.92 Å². The number of nitrogens with zero attached hydrogens (tertiary/aromatic N) is 4. The number of nitriles is 1. The zero-order valence-electron chi connectivity index (χ0n) is 15.9. The van der Waals surface area contributed by atoms with Crippen LogP contribution in [0.5, 0.6) is 11.5 Å². The number of hydrogen-bond donors (Lipinski definition) is 0. The molecule has 3 aromatic rings. The van der Waals surface area contributed by atoms with Crippen LogP contribution in [0.15, 0.2) is 57.9 Å². The maximum absolute atomic E-state index is 8.93. The maximum Gasteiger partial charge on any atom is 0.206 e. The normalized spacial score (nSPS) is 11.6. The van der Waals surface area contributed by atoms with Gasteiger partial charge in [-0.05, 0) is 36.8 Å². The van der Waals surface area contributed by atoms with Gasteiger partial charge in [-0.1, -0.05) is 12.1 Å². The minimum absolute atomic E-state index is 0.616. The summed E-state index contributed by atoms with van der Waals surface area (Å²) in [6.07, 6.45) is 1.75. The van der Waals surface area contributed by atoms with E-state index in [4.69, 9.17) is 14.7 Å². The van der Waals surface area contributed by atoms with E-state index in [0.29, 0.717) is 17.9 Å². The van der Waals surface area contributed by atoms with Crippen LogP contribution in [-0.4, -0.2) is 31.7 Å². The molecule has 0 saturated carbocycles. The van der Waals surface area contributed by atoms with Gasteiger partial charge < -0.3 is 9.47 Å². The molecule has 0 spiro atoms.